The van der Waals surface area contributed by atoms with E-state index >= 15 is 0 Å². The third-order valence-electron chi connectivity index (χ3n) is 2.94. The molecule has 0 saturated heterocycles. The Hall–Kier alpha value is -1.64. The van der Waals surface area contributed by atoms with Gasteiger partial charge in [0.15, 0.2) is 5.65 Å². The highest BCUT2D eigenvalue weighted by molar-refractivity contribution is 6.36. The molecule has 3 rings (SSSR count). The van der Waals surface area contributed by atoms with Crippen molar-refractivity contribution in [2.75, 3.05) is 0 Å². The summed E-state index contributed by atoms with van der Waals surface area (Å²) in [5, 5.41) is 2.35. The van der Waals surface area contributed by atoms with Crippen LogP contribution in [0.2, 0.25) is 10.0 Å². The topological polar surface area (TPSA) is 25.8 Å². The number of halogens is 2. The lowest BCUT2D eigenvalue weighted by Crippen LogP contribution is -1.95. The molecular weight excluding hydrogens is 279 g/mol. The minimum atomic E-state index is 0.602. The first-order valence-corrected chi connectivity index (χ1v) is 6.63. The molecular formula is C15H10Cl2N2. The maximum absolute atomic E-state index is 6.17. The number of hydrogen-bond acceptors (Lipinski definition) is 2. The maximum atomic E-state index is 6.17. The molecule has 94 valence electrons. The van der Waals surface area contributed by atoms with Crippen molar-refractivity contribution in [3.63, 3.8) is 0 Å². The Morgan fingerprint density at radius 2 is 1.68 bits per heavy atom. The van der Waals surface area contributed by atoms with Gasteiger partial charge < -0.3 is 0 Å². The van der Waals surface area contributed by atoms with Crippen LogP contribution < -0.4 is 0 Å². The third-order valence-corrected chi connectivity index (χ3v) is 3.65. The van der Waals surface area contributed by atoms with E-state index < -0.39 is 0 Å². The molecule has 0 saturated carbocycles. The fourth-order valence-corrected chi connectivity index (χ4v) is 2.50. The Kier molecular flexibility index (Phi) is 3.36. The van der Waals surface area contributed by atoms with Crippen LogP contribution in [0.25, 0.3) is 11.0 Å². The van der Waals surface area contributed by atoms with E-state index in [4.69, 9.17) is 23.2 Å². The van der Waals surface area contributed by atoms with Gasteiger partial charge >= 0.3 is 0 Å². The molecule has 0 bridgehead atoms. The van der Waals surface area contributed by atoms with Gasteiger partial charge in [-0.2, -0.15) is 0 Å². The van der Waals surface area contributed by atoms with Gasteiger partial charge in [0.2, 0.25) is 0 Å². The van der Waals surface area contributed by atoms with Crippen LogP contribution in [0.15, 0.2) is 48.7 Å². The number of rotatable bonds is 2. The van der Waals surface area contributed by atoms with E-state index in [2.05, 4.69) is 9.97 Å². The number of aromatic nitrogens is 2. The number of fused-ring (bicyclic) bond motifs is 1. The van der Waals surface area contributed by atoms with Crippen molar-refractivity contribution in [1.29, 1.82) is 0 Å². The van der Waals surface area contributed by atoms with Crippen LogP contribution in [0.3, 0.4) is 0 Å². The highest BCUT2D eigenvalue weighted by Crippen LogP contribution is 2.26. The Balaban J connectivity index is 2.01. The average molecular weight is 289 g/mol. The normalized spacial score (nSPS) is 10.8. The fourth-order valence-electron chi connectivity index (χ4n) is 1.97. The second kappa shape index (κ2) is 5.16. The van der Waals surface area contributed by atoms with Crippen molar-refractivity contribution < 1.29 is 0 Å². The Morgan fingerprint density at radius 1 is 0.895 bits per heavy atom. The molecule has 2 heterocycles. The Morgan fingerprint density at radius 3 is 2.47 bits per heavy atom. The van der Waals surface area contributed by atoms with E-state index in [1.165, 1.54) is 0 Å². The van der Waals surface area contributed by atoms with Gasteiger partial charge in [-0.05, 0) is 42.0 Å². The molecule has 0 aliphatic carbocycles. The van der Waals surface area contributed by atoms with Gasteiger partial charge in [0.05, 0.1) is 0 Å². The maximum Gasteiger partial charge on any atom is 0.159 e. The van der Waals surface area contributed by atoms with Crippen LogP contribution in [-0.4, -0.2) is 9.97 Å². The first-order valence-electron chi connectivity index (χ1n) is 5.87. The zero-order valence-electron chi connectivity index (χ0n) is 9.98. The molecule has 0 atom stereocenters. The summed E-state index contributed by atoms with van der Waals surface area (Å²) >= 11 is 12.3. The van der Waals surface area contributed by atoms with Gasteiger partial charge in [0.25, 0.3) is 0 Å². The number of benzene rings is 1. The van der Waals surface area contributed by atoms with Crippen molar-refractivity contribution in [3.8, 4) is 0 Å². The molecule has 0 unspecified atom stereocenters. The molecule has 0 amide bonds. The SMILES string of the molecule is Clc1cccc(Cl)c1Cc1ccc2cccnc2n1. The van der Waals surface area contributed by atoms with Gasteiger partial charge in [-0.25, -0.2) is 9.97 Å². The molecule has 2 nitrogen and oxygen atoms in total. The highest BCUT2D eigenvalue weighted by atomic mass is 35.5. The first kappa shape index (κ1) is 12.4. The lowest BCUT2D eigenvalue weighted by molar-refractivity contribution is 1.08. The molecule has 0 radical (unpaired) electrons. The van der Waals surface area contributed by atoms with Crippen molar-refractivity contribution in [1.82, 2.24) is 9.97 Å². The molecule has 1 aromatic carbocycles. The van der Waals surface area contributed by atoms with Crippen LogP contribution in [0.5, 0.6) is 0 Å². The summed E-state index contributed by atoms with van der Waals surface area (Å²) in [4.78, 5) is 8.78. The van der Waals surface area contributed by atoms with Gasteiger partial charge in [0, 0.05) is 33.7 Å². The van der Waals surface area contributed by atoms with E-state index in [9.17, 15) is 0 Å². The Bertz CT molecular complexity index is 721. The zero-order chi connectivity index (χ0) is 13.2. The molecule has 4 heteroatoms. The summed E-state index contributed by atoms with van der Waals surface area (Å²) < 4.78 is 0. The second-order valence-electron chi connectivity index (χ2n) is 4.23. The predicted octanol–water partition coefficient (Wildman–Crippen LogP) is 4.53. The molecule has 19 heavy (non-hydrogen) atoms. The van der Waals surface area contributed by atoms with Crippen LogP contribution >= 0.6 is 23.2 Å². The summed E-state index contributed by atoms with van der Waals surface area (Å²) in [5.74, 6) is 0. The molecule has 3 aromatic rings. The van der Waals surface area contributed by atoms with Crippen LogP contribution in [0, 0.1) is 0 Å². The summed E-state index contributed by atoms with van der Waals surface area (Å²) in [6.07, 6.45) is 2.34. The van der Waals surface area contributed by atoms with Crippen LogP contribution in [0.1, 0.15) is 11.3 Å². The molecule has 0 spiro atoms. The van der Waals surface area contributed by atoms with Crippen LogP contribution in [0.4, 0.5) is 0 Å². The fraction of sp³-hybridized carbons (Fsp3) is 0.0667. The van der Waals surface area contributed by atoms with Gasteiger partial charge in [-0.1, -0.05) is 29.3 Å². The number of nitrogens with zero attached hydrogens (tertiary/aromatic N) is 2. The van der Waals surface area contributed by atoms with Crippen LogP contribution in [-0.2, 0) is 6.42 Å². The largest absolute Gasteiger partial charge is 0.237 e. The highest BCUT2D eigenvalue weighted by Gasteiger charge is 2.08. The minimum Gasteiger partial charge on any atom is -0.237 e. The lowest BCUT2D eigenvalue weighted by Gasteiger charge is -2.07. The van der Waals surface area contributed by atoms with Gasteiger partial charge in [0.1, 0.15) is 0 Å². The Labute approximate surface area is 121 Å². The summed E-state index contributed by atoms with van der Waals surface area (Å²) in [6.45, 7) is 0. The van der Waals surface area contributed by atoms with Crippen molar-refractivity contribution in [2.45, 2.75) is 6.42 Å². The smallest absolute Gasteiger partial charge is 0.159 e. The van der Waals surface area contributed by atoms with E-state index in [0.29, 0.717) is 16.5 Å². The standard InChI is InChI=1S/C15H10Cl2N2/c16-13-4-1-5-14(17)12(13)9-11-7-6-10-3-2-8-18-15(10)19-11/h1-8H,9H2. The molecule has 0 aliphatic rings. The van der Waals surface area contributed by atoms with E-state index in [1.54, 1.807) is 6.20 Å². The minimum absolute atomic E-state index is 0.602. The summed E-state index contributed by atoms with van der Waals surface area (Å²) in [7, 11) is 0. The van der Waals surface area contributed by atoms with E-state index in [1.807, 2.05) is 42.5 Å². The molecule has 0 aliphatic heterocycles. The third kappa shape index (κ3) is 2.55. The van der Waals surface area contributed by atoms with Crippen molar-refractivity contribution in [2.24, 2.45) is 0 Å². The summed E-state index contributed by atoms with van der Waals surface area (Å²) in [5.41, 5.74) is 2.54. The van der Waals surface area contributed by atoms with Crippen molar-refractivity contribution in [3.05, 3.63) is 70.0 Å². The molecule has 2 aromatic heterocycles. The predicted molar refractivity (Wildman–Crippen MR) is 78.8 cm³/mol. The lowest BCUT2D eigenvalue weighted by atomic mass is 10.1. The first-order chi connectivity index (χ1) is 9.24. The summed E-state index contributed by atoms with van der Waals surface area (Å²) in [6, 6.07) is 13.4. The second-order valence-corrected chi connectivity index (χ2v) is 5.04. The zero-order valence-corrected chi connectivity index (χ0v) is 11.5. The number of hydrogen-bond donors (Lipinski definition) is 0. The van der Waals surface area contributed by atoms with Crippen molar-refractivity contribution >= 4 is 34.2 Å². The number of pyridine rings is 2. The average Bonchev–Trinajstić information content (AvgIpc) is 2.43. The van der Waals surface area contributed by atoms with Gasteiger partial charge in [-0.3, -0.25) is 0 Å². The quantitative estimate of drug-likeness (QED) is 0.692. The van der Waals surface area contributed by atoms with Gasteiger partial charge in [-0.15, -0.1) is 0 Å². The monoisotopic (exact) mass is 288 g/mol. The molecule has 0 fully saturated rings. The van der Waals surface area contributed by atoms with E-state index in [-0.39, 0.29) is 0 Å². The molecule has 0 N–H and O–H groups in total. The van der Waals surface area contributed by atoms with E-state index in [0.717, 1.165) is 22.3 Å².